The van der Waals surface area contributed by atoms with Crippen LogP contribution in [0.4, 0.5) is 0 Å². The second kappa shape index (κ2) is 4.47. The third kappa shape index (κ3) is 4.42. The maximum absolute atomic E-state index is 10.2. The van der Waals surface area contributed by atoms with E-state index in [1.54, 1.807) is 0 Å². The van der Waals surface area contributed by atoms with Gasteiger partial charge in [0.2, 0.25) is 0 Å². The predicted molar refractivity (Wildman–Crippen MR) is 36.2 cm³/mol. The summed E-state index contributed by atoms with van der Waals surface area (Å²) in [5.41, 5.74) is -0.558. The summed E-state index contributed by atoms with van der Waals surface area (Å²) in [6, 6.07) is 0. The standard InChI is InChI=1S/C6H8O6/c7-4(8)1-3(6(11)12)2-5(9)10/h1,5,9-10H,2H2,(H,7,8)(H,11,12). The minimum atomic E-state index is -1.85. The summed E-state index contributed by atoms with van der Waals surface area (Å²) in [6.45, 7) is 0. The molecule has 12 heavy (non-hydrogen) atoms. The average molecular weight is 176 g/mol. The van der Waals surface area contributed by atoms with E-state index in [1.807, 2.05) is 0 Å². The Labute approximate surface area is 67.4 Å². The van der Waals surface area contributed by atoms with E-state index >= 15 is 0 Å². The number of rotatable bonds is 4. The topological polar surface area (TPSA) is 115 Å². The zero-order valence-electron chi connectivity index (χ0n) is 5.97. The first kappa shape index (κ1) is 10.6. The molecule has 0 atom stereocenters. The summed E-state index contributed by atoms with van der Waals surface area (Å²) in [5.74, 6) is -2.92. The normalized spacial score (nSPS) is 11.8. The molecule has 0 aliphatic heterocycles. The third-order valence-corrected chi connectivity index (χ3v) is 0.975. The molecule has 68 valence electrons. The lowest BCUT2D eigenvalue weighted by Gasteiger charge is -2.02. The Kier molecular flexibility index (Phi) is 3.95. The van der Waals surface area contributed by atoms with Gasteiger partial charge in [-0.25, -0.2) is 9.59 Å². The minimum absolute atomic E-state index is 0.418. The van der Waals surface area contributed by atoms with Gasteiger partial charge in [-0.05, 0) is 0 Å². The molecule has 0 fully saturated rings. The quantitative estimate of drug-likeness (QED) is 0.315. The van der Waals surface area contributed by atoms with Gasteiger partial charge in [0.1, 0.15) is 0 Å². The number of aliphatic carboxylic acids is 2. The highest BCUT2D eigenvalue weighted by Gasteiger charge is 2.12. The van der Waals surface area contributed by atoms with Crippen LogP contribution >= 0.6 is 0 Å². The van der Waals surface area contributed by atoms with Crippen molar-refractivity contribution in [2.45, 2.75) is 12.7 Å². The molecule has 0 aromatic rings. The fourth-order valence-corrected chi connectivity index (χ4v) is 0.554. The molecule has 0 aromatic carbocycles. The van der Waals surface area contributed by atoms with E-state index in [2.05, 4.69) is 0 Å². The molecular formula is C6H8O6. The van der Waals surface area contributed by atoms with Crippen molar-refractivity contribution < 1.29 is 30.0 Å². The van der Waals surface area contributed by atoms with E-state index in [0.29, 0.717) is 6.08 Å². The van der Waals surface area contributed by atoms with Gasteiger partial charge in [0.25, 0.3) is 0 Å². The maximum Gasteiger partial charge on any atom is 0.332 e. The monoisotopic (exact) mass is 176 g/mol. The third-order valence-electron chi connectivity index (χ3n) is 0.975. The van der Waals surface area contributed by atoms with Gasteiger partial charge in [-0.1, -0.05) is 0 Å². The fraction of sp³-hybridized carbons (Fsp3) is 0.333. The molecule has 0 heterocycles. The Morgan fingerprint density at radius 2 is 1.75 bits per heavy atom. The summed E-state index contributed by atoms with van der Waals surface area (Å²) < 4.78 is 0. The zero-order chi connectivity index (χ0) is 9.72. The molecule has 0 saturated heterocycles. The molecule has 0 amide bonds. The number of carboxylic acid groups (broad SMARTS) is 2. The van der Waals surface area contributed by atoms with Gasteiger partial charge in [0.15, 0.2) is 6.29 Å². The van der Waals surface area contributed by atoms with Crippen LogP contribution in [0.15, 0.2) is 11.6 Å². The highest BCUT2D eigenvalue weighted by molar-refractivity contribution is 5.94. The van der Waals surface area contributed by atoms with Gasteiger partial charge in [-0.3, -0.25) is 0 Å². The van der Waals surface area contributed by atoms with Crippen LogP contribution in [-0.4, -0.2) is 38.7 Å². The van der Waals surface area contributed by atoms with E-state index in [9.17, 15) is 9.59 Å². The molecule has 0 rings (SSSR count). The first-order valence-corrected chi connectivity index (χ1v) is 2.96. The summed E-state index contributed by atoms with van der Waals surface area (Å²) >= 11 is 0. The van der Waals surface area contributed by atoms with Gasteiger partial charge >= 0.3 is 11.9 Å². The van der Waals surface area contributed by atoms with Crippen molar-refractivity contribution in [3.05, 3.63) is 11.6 Å². The van der Waals surface area contributed by atoms with Gasteiger partial charge in [0.05, 0.1) is 0 Å². The zero-order valence-corrected chi connectivity index (χ0v) is 5.97. The second-order valence-electron chi connectivity index (χ2n) is 2.00. The highest BCUT2D eigenvalue weighted by Crippen LogP contribution is 2.03. The molecule has 6 nitrogen and oxygen atoms in total. The summed E-state index contributed by atoms with van der Waals surface area (Å²) in [7, 11) is 0. The summed E-state index contributed by atoms with van der Waals surface area (Å²) in [5, 5.41) is 33.1. The Morgan fingerprint density at radius 3 is 2.00 bits per heavy atom. The van der Waals surface area contributed by atoms with Crippen LogP contribution < -0.4 is 0 Å². The Balaban J connectivity index is 4.44. The van der Waals surface area contributed by atoms with E-state index in [0.717, 1.165) is 0 Å². The maximum atomic E-state index is 10.2. The Hall–Kier alpha value is -1.40. The van der Waals surface area contributed by atoms with E-state index in [4.69, 9.17) is 20.4 Å². The molecular weight excluding hydrogens is 168 g/mol. The lowest BCUT2D eigenvalue weighted by atomic mass is 10.2. The number of aliphatic hydroxyl groups is 2. The van der Waals surface area contributed by atoms with Crippen LogP contribution in [0.5, 0.6) is 0 Å². The van der Waals surface area contributed by atoms with Crippen LogP contribution in [0.1, 0.15) is 6.42 Å². The van der Waals surface area contributed by atoms with Crippen LogP contribution in [0.2, 0.25) is 0 Å². The lowest BCUT2D eigenvalue weighted by molar-refractivity contribution is -0.136. The highest BCUT2D eigenvalue weighted by atomic mass is 16.5. The van der Waals surface area contributed by atoms with Gasteiger partial charge in [-0.15, -0.1) is 0 Å². The van der Waals surface area contributed by atoms with Crippen molar-refractivity contribution in [3.8, 4) is 0 Å². The van der Waals surface area contributed by atoms with Crippen molar-refractivity contribution in [3.63, 3.8) is 0 Å². The summed E-state index contributed by atoms with van der Waals surface area (Å²) in [4.78, 5) is 20.2. The molecule has 4 N–H and O–H groups in total. The molecule has 0 radical (unpaired) electrons. The molecule has 0 bridgehead atoms. The number of hydrogen-bond acceptors (Lipinski definition) is 4. The molecule has 0 spiro atoms. The average Bonchev–Trinajstić information content (AvgIpc) is 1.83. The number of carbonyl (C=O) groups is 2. The van der Waals surface area contributed by atoms with Crippen LogP contribution in [-0.2, 0) is 9.59 Å². The summed E-state index contributed by atoms with van der Waals surface area (Å²) in [6.07, 6.45) is -2.05. The van der Waals surface area contributed by atoms with Crippen LogP contribution in [0.25, 0.3) is 0 Å². The van der Waals surface area contributed by atoms with Gasteiger partial charge in [0, 0.05) is 18.1 Å². The van der Waals surface area contributed by atoms with Crippen molar-refractivity contribution in [2.24, 2.45) is 0 Å². The van der Waals surface area contributed by atoms with Crippen molar-refractivity contribution >= 4 is 11.9 Å². The number of hydrogen-bond donors (Lipinski definition) is 4. The second-order valence-corrected chi connectivity index (χ2v) is 2.00. The van der Waals surface area contributed by atoms with E-state index in [-0.39, 0.29) is 0 Å². The lowest BCUT2D eigenvalue weighted by Crippen LogP contribution is -2.12. The number of carboxylic acids is 2. The smallest absolute Gasteiger partial charge is 0.332 e. The Morgan fingerprint density at radius 1 is 1.25 bits per heavy atom. The van der Waals surface area contributed by atoms with Crippen LogP contribution in [0.3, 0.4) is 0 Å². The van der Waals surface area contributed by atoms with E-state index in [1.165, 1.54) is 0 Å². The van der Waals surface area contributed by atoms with Crippen LogP contribution in [0, 0.1) is 0 Å². The van der Waals surface area contributed by atoms with Crippen molar-refractivity contribution in [2.75, 3.05) is 0 Å². The molecule has 0 unspecified atom stereocenters. The molecule has 0 aliphatic rings. The van der Waals surface area contributed by atoms with E-state index < -0.39 is 30.2 Å². The van der Waals surface area contributed by atoms with Gasteiger partial charge < -0.3 is 20.4 Å². The van der Waals surface area contributed by atoms with Crippen molar-refractivity contribution in [1.82, 2.24) is 0 Å². The largest absolute Gasteiger partial charge is 0.478 e. The minimum Gasteiger partial charge on any atom is -0.478 e. The van der Waals surface area contributed by atoms with Crippen molar-refractivity contribution in [1.29, 1.82) is 0 Å². The molecule has 0 aromatic heterocycles. The predicted octanol–water partition coefficient (Wildman–Crippen LogP) is -1.22. The first-order chi connectivity index (χ1) is 5.43. The SMILES string of the molecule is O=C(O)C=C(CC(O)O)C(=O)O. The Bertz CT molecular complexity index is 216. The number of aliphatic hydroxyl groups excluding tert-OH is 1. The fourth-order valence-electron chi connectivity index (χ4n) is 0.554. The molecule has 0 aliphatic carbocycles. The molecule has 6 heteroatoms. The first-order valence-electron chi connectivity index (χ1n) is 2.96. The van der Waals surface area contributed by atoms with Gasteiger partial charge in [-0.2, -0.15) is 0 Å². The molecule has 0 saturated carbocycles.